The van der Waals surface area contributed by atoms with Crippen LogP contribution < -0.4 is 4.72 Å². The number of nitrogens with one attached hydrogen (secondary N) is 1. The summed E-state index contributed by atoms with van der Waals surface area (Å²) in [5.74, 6) is -1.25. The number of aromatic carboxylic acids is 1. The molecule has 19 heavy (non-hydrogen) atoms. The molecule has 0 aliphatic rings. The number of imidazole rings is 1. The summed E-state index contributed by atoms with van der Waals surface area (Å²) in [5.41, 5.74) is -0.296. The number of aryl methyl sites for hydroxylation is 1. The lowest BCUT2D eigenvalue weighted by molar-refractivity contribution is 0.0698. The first-order valence-corrected chi connectivity index (χ1v) is 6.56. The van der Waals surface area contributed by atoms with E-state index in [9.17, 15) is 13.2 Å². The van der Waals surface area contributed by atoms with E-state index in [4.69, 9.17) is 5.11 Å². The summed E-state index contributed by atoms with van der Waals surface area (Å²) in [7, 11) is -2.31. The highest BCUT2D eigenvalue weighted by Crippen LogP contribution is 2.17. The lowest BCUT2D eigenvalue weighted by atomic mass is 10.2. The second-order valence-corrected chi connectivity index (χ2v) is 5.34. The Morgan fingerprint density at radius 2 is 2.21 bits per heavy atom. The first-order valence-electron chi connectivity index (χ1n) is 5.08. The van der Waals surface area contributed by atoms with Crippen molar-refractivity contribution in [1.29, 1.82) is 0 Å². The van der Waals surface area contributed by atoms with Crippen molar-refractivity contribution in [2.45, 2.75) is 5.03 Å². The zero-order valence-electron chi connectivity index (χ0n) is 9.81. The number of nitrogens with zero attached hydrogens (tertiary/aromatic N) is 3. The molecule has 2 aromatic rings. The predicted octanol–water partition coefficient (Wildman–Crippen LogP) is 0.314. The molecule has 2 N–H and O–H groups in total. The van der Waals surface area contributed by atoms with Crippen molar-refractivity contribution < 1.29 is 18.3 Å². The Hall–Kier alpha value is -2.42. The van der Waals surface area contributed by atoms with Gasteiger partial charge in [0.2, 0.25) is 0 Å². The van der Waals surface area contributed by atoms with Crippen molar-refractivity contribution in [3.05, 3.63) is 36.5 Å². The third kappa shape index (κ3) is 2.71. The molecular weight excluding hydrogens is 272 g/mol. The second kappa shape index (κ2) is 4.69. The number of carbonyl (C=O) groups is 1. The van der Waals surface area contributed by atoms with E-state index in [1.54, 1.807) is 7.05 Å². The molecule has 0 aromatic carbocycles. The third-order valence-electron chi connectivity index (χ3n) is 2.25. The topological polar surface area (TPSA) is 114 Å². The summed E-state index contributed by atoms with van der Waals surface area (Å²) in [6.07, 6.45) is 5.03. The highest BCUT2D eigenvalue weighted by Gasteiger charge is 2.20. The normalized spacial score (nSPS) is 11.2. The molecule has 2 heterocycles. The molecule has 0 spiro atoms. The van der Waals surface area contributed by atoms with E-state index < -0.39 is 16.0 Å². The van der Waals surface area contributed by atoms with Crippen molar-refractivity contribution in [2.24, 2.45) is 7.05 Å². The van der Waals surface area contributed by atoms with Crippen molar-refractivity contribution in [3.63, 3.8) is 0 Å². The van der Waals surface area contributed by atoms with Crippen LogP contribution in [0.3, 0.4) is 0 Å². The van der Waals surface area contributed by atoms with Gasteiger partial charge in [0.15, 0.2) is 5.03 Å². The summed E-state index contributed by atoms with van der Waals surface area (Å²) in [6, 6.07) is 1.21. The van der Waals surface area contributed by atoms with Gasteiger partial charge in [-0.1, -0.05) is 0 Å². The van der Waals surface area contributed by atoms with Crippen LogP contribution in [0.15, 0.2) is 36.0 Å². The van der Waals surface area contributed by atoms with Gasteiger partial charge >= 0.3 is 5.97 Å². The van der Waals surface area contributed by atoms with Crippen LogP contribution in [0, 0.1) is 0 Å². The summed E-state index contributed by atoms with van der Waals surface area (Å²) < 4.78 is 27.6. The molecule has 100 valence electrons. The molecule has 9 heteroatoms. The summed E-state index contributed by atoms with van der Waals surface area (Å²) in [5, 5.41) is 8.76. The fraction of sp³-hybridized carbons (Fsp3) is 0.100. The Morgan fingerprint density at radius 1 is 1.47 bits per heavy atom. The monoisotopic (exact) mass is 282 g/mol. The van der Waals surface area contributed by atoms with Gasteiger partial charge in [0, 0.05) is 19.4 Å². The molecule has 0 saturated heterocycles. The van der Waals surface area contributed by atoms with E-state index in [0.29, 0.717) is 0 Å². The molecule has 8 nitrogen and oxygen atoms in total. The minimum absolute atomic E-state index is 0.111. The Balaban J connectivity index is 2.39. The van der Waals surface area contributed by atoms with Gasteiger partial charge in [-0.25, -0.2) is 9.78 Å². The number of pyridine rings is 1. The number of hydrogen-bond donors (Lipinski definition) is 2. The fourth-order valence-electron chi connectivity index (χ4n) is 1.39. The minimum atomic E-state index is -3.93. The van der Waals surface area contributed by atoms with Gasteiger partial charge in [0.25, 0.3) is 10.0 Å². The first-order chi connectivity index (χ1) is 8.90. The number of anilines is 1. The lowest BCUT2D eigenvalue weighted by Gasteiger charge is -2.07. The van der Waals surface area contributed by atoms with Gasteiger partial charge in [-0.15, -0.1) is 0 Å². The molecule has 0 atom stereocenters. The number of hydrogen-bond acceptors (Lipinski definition) is 5. The molecular formula is C10H10N4O4S. The van der Waals surface area contributed by atoms with Gasteiger partial charge in [0.1, 0.15) is 0 Å². The Bertz CT molecular complexity index is 723. The largest absolute Gasteiger partial charge is 0.478 e. The fourth-order valence-corrected chi connectivity index (χ4v) is 2.43. The number of aromatic nitrogens is 3. The number of carboxylic acid groups (broad SMARTS) is 1. The zero-order chi connectivity index (χ0) is 14.0. The molecule has 0 saturated carbocycles. The second-order valence-electron chi connectivity index (χ2n) is 3.71. The van der Waals surface area contributed by atoms with E-state index in [-0.39, 0.29) is 16.3 Å². The summed E-state index contributed by atoms with van der Waals surface area (Å²) in [4.78, 5) is 18.4. The maximum absolute atomic E-state index is 12.0. The van der Waals surface area contributed by atoms with Crippen LogP contribution in [-0.2, 0) is 17.1 Å². The maximum Gasteiger partial charge on any atom is 0.337 e. The van der Waals surface area contributed by atoms with E-state index in [1.165, 1.54) is 29.4 Å². The summed E-state index contributed by atoms with van der Waals surface area (Å²) in [6.45, 7) is 0. The molecule has 0 fully saturated rings. The Morgan fingerprint density at radius 3 is 2.79 bits per heavy atom. The highest BCUT2D eigenvalue weighted by atomic mass is 32.2. The molecule has 0 amide bonds. The minimum Gasteiger partial charge on any atom is -0.478 e. The number of carboxylic acids is 1. The van der Waals surface area contributed by atoms with E-state index in [2.05, 4.69) is 14.7 Å². The molecule has 0 unspecified atom stereocenters. The van der Waals surface area contributed by atoms with Crippen molar-refractivity contribution in [3.8, 4) is 0 Å². The molecule has 0 bridgehead atoms. The molecule has 2 rings (SSSR count). The zero-order valence-corrected chi connectivity index (χ0v) is 10.6. The average molecular weight is 282 g/mol. The smallest absolute Gasteiger partial charge is 0.337 e. The van der Waals surface area contributed by atoms with Crippen LogP contribution >= 0.6 is 0 Å². The van der Waals surface area contributed by atoms with Crippen LogP contribution in [-0.4, -0.2) is 34.0 Å². The van der Waals surface area contributed by atoms with Crippen LogP contribution in [0.2, 0.25) is 0 Å². The van der Waals surface area contributed by atoms with Gasteiger partial charge in [-0.05, 0) is 6.07 Å². The van der Waals surface area contributed by atoms with E-state index >= 15 is 0 Å². The van der Waals surface area contributed by atoms with Crippen molar-refractivity contribution >= 4 is 21.7 Å². The van der Waals surface area contributed by atoms with Crippen LogP contribution in [0.25, 0.3) is 0 Å². The maximum atomic E-state index is 12.0. The standard InChI is InChI=1S/C10H10N4O4S/c1-14-5-9(12-6-14)19(17,18)13-8-4-11-3-2-7(8)10(15)16/h2-6,13H,1H3,(H,15,16). The van der Waals surface area contributed by atoms with Crippen molar-refractivity contribution in [1.82, 2.24) is 14.5 Å². The quantitative estimate of drug-likeness (QED) is 0.834. The summed E-state index contributed by atoms with van der Waals surface area (Å²) >= 11 is 0. The Kier molecular flexibility index (Phi) is 3.21. The first kappa shape index (κ1) is 13.0. The van der Waals surface area contributed by atoms with Gasteiger partial charge in [-0.2, -0.15) is 8.42 Å². The van der Waals surface area contributed by atoms with Gasteiger partial charge < -0.3 is 9.67 Å². The molecule has 2 aromatic heterocycles. The molecule has 0 aliphatic heterocycles. The van der Waals surface area contributed by atoms with Gasteiger partial charge in [-0.3, -0.25) is 9.71 Å². The van der Waals surface area contributed by atoms with Crippen molar-refractivity contribution in [2.75, 3.05) is 4.72 Å². The van der Waals surface area contributed by atoms with Gasteiger partial charge in [0.05, 0.1) is 23.8 Å². The average Bonchev–Trinajstić information content (AvgIpc) is 2.76. The van der Waals surface area contributed by atoms with Crippen LogP contribution in [0.5, 0.6) is 0 Å². The van der Waals surface area contributed by atoms with E-state index in [0.717, 1.165) is 6.20 Å². The molecule has 0 radical (unpaired) electrons. The van der Waals surface area contributed by atoms with Crippen LogP contribution in [0.4, 0.5) is 5.69 Å². The lowest BCUT2D eigenvalue weighted by Crippen LogP contribution is -2.16. The Labute approximate surface area is 108 Å². The number of sulfonamides is 1. The predicted molar refractivity (Wildman–Crippen MR) is 65.2 cm³/mol. The SMILES string of the molecule is Cn1cnc(S(=O)(=O)Nc2cnccc2C(=O)O)c1. The molecule has 0 aliphatic carbocycles. The van der Waals surface area contributed by atoms with E-state index in [1.807, 2.05) is 0 Å². The number of rotatable bonds is 4. The highest BCUT2D eigenvalue weighted by molar-refractivity contribution is 7.92. The third-order valence-corrected chi connectivity index (χ3v) is 3.50. The van der Waals surface area contributed by atoms with Crippen LogP contribution in [0.1, 0.15) is 10.4 Å².